The molecule has 1 rings (SSSR count). The number of aliphatic imine (C=N–C) groups is 1. The first kappa shape index (κ1) is 19.0. The second kappa shape index (κ2) is 9.17. The predicted molar refractivity (Wildman–Crippen MR) is 91.6 cm³/mol. The fourth-order valence-electron chi connectivity index (χ4n) is 2.38. The Morgan fingerprint density at radius 1 is 1.43 bits per heavy atom. The molecular formula is C16H29N5O2. The number of esters is 1. The third-order valence-corrected chi connectivity index (χ3v) is 3.71. The highest BCUT2D eigenvalue weighted by atomic mass is 16.5. The smallest absolute Gasteiger partial charge is 0.307 e. The third kappa shape index (κ3) is 5.92. The summed E-state index contributed by atoms with van der Waals surface area (Å²) in [4.78, 5) is 15.6. The van der Waals surface area contributed by atoms with Gasteiger partial charge < -0.3 is 15.4 Å². The molecule has 0 bridgehead atoms. The Morgan fingerprint density at radius 3 is 2.65 bits per heavy atom. The second-order valence-corrected chi connectivity index (χ2v) is 5.61. The molecule has 0 aromatic carbocycles. The number of aromatic nitrogens is 2. The Hall–Kier alpha value is -2.05. The second-order valence-electron chi connectivity index (χ2n) is 5.61. The number of ether oxygens (including phenoxy) is 1. The lowest BCUT2D eigenvalue weighted by Gasteiger charge is -2.18. The van der Waals surface area contributed by atoms with Crippen molar-refractivity contribution in [1.82, 2.24) is 20.4 Å². The molecule has 0 saturated carbocycles. The van der Waals surface area contributed by atoms with Crippen LogP contribution < -0.4 is 10.6 Å². The molecule has 1 atom stereocenters. The Labute approximate surface area is 138 Å². The standard InChI is InChI=1S/C16H29N5O2/c1-7-17-16(18-9-8-15(22)23-6)19-11(2)10-14-12(3)20-21(5)13(14)4/h11H,7-10H2,1-6H3,(H2,17,18,19). The average Bonchev–Trinajstić information content (AvgIpc) is 2.73. The summed E-state index contributed by atoms with van der Waals surface area (Å²) in [5.74, 6) is 0.461. The molecule has 7 heteroatoms. The zero-order valence-electron chi connectivity index (χ0n) is 15.1. The number of nitrogens with zero attached hydrogens (tertiary/aromatic N) is 3. The van der Waals surface area contributed by atoms with Gasteiger partial charge in [-0.3, -0.25) is 14.5 Å². The quantitative estimate of drug-likeness (QED) is 0.446. The summed E-state index contributed by atoms with van der Waals surface area (Å²) in [5.41, 5.74) is 3.51. The van der Waals surface area contributed by atoms with Crippen LogP contribution >= 0.6 is 0 Å². The van der Waals surface area contributed by atoms with Crippen molar-refractivity contribution in [2.24, 2.45) is 12.0 Å². The van der Waals surface area contributed by atoms with Crippen LogP contribution in [-0.4, -0.2) is 48.0 Å². The maximum atomic E-state index is 11.2. The molecule has 0 radical (unpaired) electrons. The van der Waals surface area contributed by atoms with Gasteiger partial charge in [-0.25, -0.2) is 0 Å². The number of carbonyl (C=O) groups is 1. The van der Waals surface area contributed by atoms with Crippen molar-refractivity contribution in [3.63, 3.8) is 0 Å². The molecule has 2 N–H and O–H groups in total. The highest BCUT2D eigenvalue weighted by Crippen LogP contribution is 2.14. The number of hydrogen-bond donors (Lipinski definition) is 2. The third-order valence-electron chi connectivity index (χ3n) is 3.71. The molecule has 0 spiro atoms. The first-order chi connectivity index (χ1) is 10.9. The molecule has 0 aliphatic carbocycles. The molecule has 1 aromatic heterocycles. The van der Waals surface area contributed by atoms with Crippen molar-refractivity contribution in [2.45, 2.75) is 46.6 Å². The number of guanidine groups is 1. The van der Waals surface area contributed by atoms with Crippen LogP contribution in [0.4, 0.5) is 0 Å². The summed E-state index contributed by atoms with van der Waals surface area (Å²) in [7, 11) is 3.35. The van der Waals surface area contributed by atoms with Crippen LogP contribution in [0.1, 0.15) is 37.2 Å². The van der Waals surface area contributed by atoms with E-state index in [1.54, 1.807) is 0 Å². The Balaban J connectivity index is 2.64. The van der Waals surface area contributed by atoms with Crippen LogP contribution in [-0.2, 0) is 23.0 Å². The van der Waals surface area contributed by atoms with E-state index in [1.807, 2.05) is 25.6 Å². The molecule has 0 amide bonds. The Morgan fingerprint density at radius 2 is 2.13 bits per heavy atom. The zero-order valence-corrected chi connectivity index (χ0v) is 15.1. The monoisotopic (exact) mass is 323 g/mol. The van der Waals surface area contributed by atoms with Crippen molar-refractivity contribution >= 4 is 11.9 Å². The van der Waals surface area contributed by atoms with Gasteiger partial charge in [-0.15, -0.1) is 0 Å². The van der Waals surface area contributed by atoms with Crippen molar-refractivity contribution in [3.05, 3.63) is 17.0 Å². The fourth-order valence-corrected chi connectivity index (χ4v) is 2.38. The van der Waals surface area contributed by atoms with Gasteiger partial charge in [-0.2, -0.15) is 5.10 Å². The van der Waals surface area contributed by atoms with Crippen LogP contribution in [0.2, 0.25) is 0 Å². The van der Waals surface area contributed by atoms with E-state index in [1.165, 1.54) is 18.4 Å². The molecule has 1 heterocycles. The minimum Gasteiger partial charge on any atom is -0.469 e. The highest BCUT2D eigenvalue weighted by molar-refractivity contribution is 5.80. The molecule has 1 unspecified atom stereocenters. The van der Waals surface area contributed by atoms with Gasteiger partial charge in [0.25, 0.3) is 0 Å². The number of rotatable bonds is 7. The van der Waals surface area contributed by atoms with E-state index in [4.69, 9.17) is 0 Å². The van der Waals surface area contributed by atoms with E-state index in [0.717, 1.165) is 18.7 Å². The van der Waals surface area contributed by atoms with Gasteiger partial charge in [0.2, 0.25) is 0 Å². The van der Waals surface area contributed by atoms with Gasteiger partial charge >= 0.3 is 5.97 Å². The number of methoxy groups -OCH3 is 1. The molecule has 130 valence electrons. The summed E-state index contributed by atoms with van der Waals surface area (Å²) in [6, 6.07) is 0.201. The normalized spacial score (nSPS) is 12.9. The van der Waals surface area contributed by atoms with E-state index in [0.29, 0.717) is 12.5 Å². The summed E-state index contributed by atoms with van der Waals surface area (Å²) in [6.07, 6.45) is 1.15. The highest BCUT2D eigenvalue weighted by Gasteiger charge is 2.14. The number of hydrogen-bond acceptors (Lipinski definition) is 4. The van der Waals surface area contributed by atoms with Crippen LogP contribution in [0.3, 0.4) is 0 Å². The van der Waals surface area contributed by atoms with Crippen molar-refractivity contribution in [2.75, 3.05) is 20.2 Å². The van der Waals surface area contributed by atoms with Gasteiger partial charge in [0.15, 0.2) is 5.96 Å². The molecule has 0 aliphatic heterocycles. The summed E-state index contributed by atoms with van der Waals surface area (Å²) in [6.45, 7) is 9.40. The van der Waals surface area contributed by atoms with Crippen LogP contribution in [0.25, 0.3) is 0 Å². The maximum absolute atomic E-state index is 11.2. The van der Waals surface area contributed by atoms with Crippen LogP contribution in [0.15, 0.2) is 4.99 Å². The Kier molecular flexibility index (Phi) is 7.57. The Bertz CT molecular complexity index is 551. The number of aryl methyl sites for hydroxylation is 2. The summed E-state index contributed by atoms with van der Waals surface area (Å²) < 4.78 is 6.53. The van der Waals surface area contributed by atoms with Gasteiger partial charge in [0.05, 0.1) is 25.8 Å². The minimum atomic E-state index is -0.251. The van der Waals surface area contributed by atoms with E-state index in [-0.39, 0.29) is 18.4 Å². The van der Waals surface area contributed by atoms with Crippen LogP contribution in [0.5, 0.6) is 0 Å². The van der Waals surface area contributed by atoms with Gasteiger partial charge in [-0.1, -0.05) is 0 Å². The topological polar surface area (TPSA) is 80.5 Å². The number of carbonyl (C=O) groups excluding carboxylic acids is 1. The lowest BCUT2D eigenvalue weighted by atomic mass is 10.1. The van der Waals surface area contributed by atoms with Crippen molar-refractivity contribution in [1.29, 1.82) is 0 Å². The summed E-state index contributed by atoms with van der Waals surface area (Å²) >= 11 is 0. The lowest BCUT2D eigenvalue weighted by molar-refractivity contribution is -0.140. The molecule has 0 aliphatic rings. The average molecular weight is 323 g/mol. The molecular weight excluding hydrogens is 294 g/mol. The number of nitrogens with one attached hydrogen (secondary N) is 2. The molecule has 1 aromatic rings. The SMILES string of the molecule is CCNC(=NCCC(=O)OC)NC(C)Cc1c(C)nn(C)c1C. The van der Waals surface area contributed by atoms with E-state index in [9.17, 15) is 4.79 Å². The van der Waals surface area contributed by atoms with Crippen molar-refractivity contribution in [3.8, 4) is 0 Å². The fraction of sp³-hybridized carbons (Fsp3) is 0.688. The molecule has 0 fully saturated rings. The van der Waals surface area contributed by atoms with E-state index < -0.39 is 0 Å². The maximum Gasteiger partial charge on any atom is 0.307 e. The van der Waals surface area contributed by atoms with Gasteiger partial charge in [-0.05, 0) is 39.7 Å². The molecule has 7 nitrogen and oxygen atoms in total. The largest absolute Gasteiger partial charge is 0.469 e. The zero-order chi connectivity index (χ0) is 17.4. The van der Waals surface area contributed by atoms with Gasteiger partial charge in [0, 0.05) is 25.3 Å². The van der Waals surface area contributed by atoms with Gasteiger partial charge in [0.1, 0.15) is 0 Å². The lowest BCUT2D eigenvalue weighted by Crippen LogP contribution is -2.43. The molecule has 0 saturated heterocycles. The van der Waals surface area contributed by atoms with Crippen molar-refractivity contribution < 1.29 is 9.53 Å². The van der Waals surface area contributed by atoms with E-state index in [2.05, 4.69) is 39.3 Å². The first-order valence-corrected chi connectivity index (χ1v) is 7.99. The van der Waals surface area contributed by atoms with Crippen LogP contribution in [0, 0.1) is 13.8 Å². The minimum absolute atomic E-state index is 0.201. The molecule has 23 heavy (non-hydrogen) atoms. The summed E-state index contributed by atoms with van der Waals surface area (Å²) in [5, 5.41) is 11.0. The van der Waals surface area contributed by atoms with E-state index >= 15 is 0 Å². The predicted octanol–water partition coefficient (Wildman–Crippen LogP) is 1.09. The first-order valence-electron chi connectivity index (χ1n) is 7.99.